The van der Waals surface area contributed by atoms with E-state index in [9.17, 15) is 4.79 Å². The molecule has 0 aromatic heterocycles. The molecule has 4 heteroatoms. The van der Waals surface area contributed by atoms with E-state index in [0.717, 1.165) is 6.42 Å². The van der Waals surface area contributed by atoms with E-state index in [1.807, 2.05) is 0 Å². The molecule has 0 radical (unpaired) electrons. The summed E-state index contributed by atoms with van der Waals surface area (Å²) in [6, 6.07) is 1.24. The van der Waals surface area contributed by atoms with Crippen molar-refractivity contribution in [1.29, 1.82) is 0 Å². The van der Waals surface area contributed by atoms with E-state index < -0.39 is 0 Å². The van der Waals surface area contributed by atoms with Crippen molar-refractivity contribution in [3.05, 3.63) is 0 Å². The van der Waals surface area contributed by atoms with Crippen LogP contribution in [0.2, 0.25) is 0 Å². The van der Waals surface area contributed by atoms with E-state index in [4.69, 9.17) is 11.6 Å². The summed E-state index contributed by atoms with van der Waals surface area (Å²) in [5.41, 5.74) is 0. The van der Waals surface area contributed by atoms with Gasteiger partial charge in [0.25, 0.3) is 0 Å². The molecule has 1 aliphatic carbocycles. The lowest BCUT2D eigenvalue weighted by molar-refractivity contribution is -0.120. The lowest BCUT2D eigenvalue weighted by Gasteiger charge is -2.40. The molecule has 0 heterocycles. The van der Waals surface area contributed by atoms with Crippen molar-refractivity contribution < 1.29 is 4.79 Å². The summed E-state index contributed by atoms with van der Waals surface area (Å²) in [6.07, 6.45) is 4.71. The van der Waals surface area contributed by atoms with Crippen molar-refractivity contribution in [2.24, 2.45) is 0 Å². The van der Waals surface area contributed by atoms with Crippen molar-refractivity contribution in [2.75, 3.05) is 12.9 Å². The van der Waals surface area contributed by atoms with Crippen LogP contribution in [0.5, 0.6) is 0 Å². The van der Waals surface area contributed by atoms with Crippen LogP contribution in [0, 0.1) is 0 Å². The van der Waals surface area contributed by atoms with Crippen molar-refractivity contribution in [3.8, 4) is 0 Å². The van der Waals surface area contributed by atoms with Gasteiger partial charge in [-0.25, -0.2) is 0 Å². The number of amides is 1. The average Bonchev–Trinajstić information content (AvgIpc) is 2.28. The number of likely N-dealkylation sites (N-methyl/N-ethyl adjacent to an activating group) is 1. The van der Waals surface area contributed by atoms with E-state index in [0.29, 0.717) is 12.1 Å². The van der Waals surface area contributed by atoms with Gasteiger partial charge in [0.1, 0.15) is 5.88 Å². The Morgan fingerprint density at radius 1 is 1.44 bits per heavy atom. The number of rotatable bonds is 4. The molecule has 3 nitrogen and oxygen atoms in total. The zero-order valence-electron chi connectivity index (χ0n) is 10.5. The van der Waals surface area contributed by atoms with Gasteiger partial charge in [-0.2, -0.15) is 0 Å². The number of halogens is 1. The first-order valence-electron chi connectivity index (χ1n) is 6.13. The van der Waals surface area contributed by atoms with E-state index in [1.165, 1.54) is 19.3 Å². The Kier molecular flexibility index (Phi) is 5.56. The summed E-state index contributed by atoms with van der Waals surface area (Å²) < 4.78 is 0. The highest BCUT2D eigenvalue weighted by atomic mass is 35.5. The minimum atomic E-state index is -0.0456. The van der Waals surface area contributed by atoms with Gasteiger partial charge < -0.3 is 5.32 Å². The SMILES string of the molecule is CC(C)N(C)[C@H]1CCCC[C@H]1NC(=O)CCl. The normalized spacial score (nSPS) is 26.1. The van der Waals surface area contributed by atoms with Gasteiger partial charge in [-0.15, -0.1) is 11.6 Å². The largest absolute Gasteiger partial charge is 0.351 e. The van der Waals surface area contributed by atoms with Gasteiger partial charge in [0.05, 0.1) is 0 Å². The minimum Gasteiger partial charge on any atom is -0.351 e. The molecule has 1 rings (SSSR count). The topological polar surface area (TPSA) is 32.3 Å². The first-order chi connectivity index (χ1) is 7.56. The highest BCUT2D eigenvalue weighted by Crippen LogP contribution is 2.23. The van der Waals surface area contributed by atoms with Gasteiger partial charge in [0.2, 0.25) is 5.91 Å². The molecule has 0 aliphatic heterocycles. The maximum atomic E-state index is 11.4. The van der Waals surface area contributed by atoms with Gasteiger partial charge in [0.15, 0.2) is 0 Å². The molecule has 1 amide bonds. The zero-order chi connectivity index (χ0) is 12.1. The highest BCUT2D eigenvalue weighted by molar-refractivity contribution is 6.27. The number of alkyl halides is 1. The molecule has 2 atom stereocenters. The fourth-order valence-electron chi connectivity index (χ4n) is 2.40. The van der Waals surface area contributed by atoms with Crippen molar-refractivity contribution in [1.82, 2.24) is 10.2 Å². The molecule has 1 fully saturated rings. The number of carbonyl (C=O) groups is 1. The van der Waals surface area contributed by atoms with Crippen LogP contribution in [0.15, 0.2) is 0 Å². The summed E-state index contributed by atoms with van der Waals surface area (Å²) in [7, 11) is 2.14. The third kappa shape index (κ3) is 3.63. The Labute approximate surface area is 104 Å². The predicted molar refractivity (Wildman–Crippen MR) is 67.8 cm³/mol. The summed E-state index contributed by atoms with van der Waals surface area (Å²) in [6.45, 7) is 4.38. The lowest BCUT2D eigenvalue weighted by Crippen LogP contribution is -2.54. The minimum absolute atomic E-state index is 0.0456. The van der Waals surface area contributed by atoms with E-state index in [2.05, 4.69) is 31.1 Å². The summed E-state index contributed by atoms with van der Waals surface area (Å²) in [5.74, 6) is 0.0185. The molecule has 0 aromatic carbocycles. The van der Waals surface area contributed by atoms with Crippen molar-refractivity contribution >= 4 is 17.5 Å². The van der Waals surface area contributed by atoms with Crippen LogP contribution in [-0.2, 0) is 4.79 Å². The molecular weight excluding hydrogens is 224 g/mol. The van der Waals surface area contributed by atoms with Crippen LogP contribution < -0.4 is 5.32 Å². The number of hydrogen-bond acceptors (Lipinski definition) is 2. The average molecular weight is 247 g/mol. The van der Waals surface area contributed by atoms with E-state index >= 15 is 0 Å². The molecular formula is C12H23ClN2O. The molecule has 0 aromatic rings. The molecule has 0 saturated heterocycles. The molecule has 0 spiro atoms. The number of nitrogens with zero attached hydrogens (tertiary/aromatic N) is 1. The number of carbonyl (C=O) groups excluding carboxylic acids is 1. The van der Waals surface area contributed by atoms with Crippen molar-refractivity contribution in [3.63, 3.8) is 0 Å². The smallest absolute Gasteiger partial charge is 0.235 e. The van der Waals surface area contributed by atoms with Crippen LogP contribution in [-0.4, -0.2) is 41.9 Å². The van der Waals surface area contributed by atoms with Crippen molar-refractivity contribution in [2.45, 2.75) is 57.7 Å². The summed E-state index contributed by atoms with van der Waals surface area (Å²) >= 11 is 5.54. The third-order valence-electron chi connectivity index (χ3n) is 3.53. The van der Waals surface area contributed by atoms with Gasteiger partial charge in [-0.05, 0) is 33.7 Å². The zero-order valence-corrected chi connectivity index (χ0v) is 11.3. The van der Waals surface area contributed by atoms with Crippen LogP contribution in [0.1, 0.15) is 39.5 Å². The quantitative estimate of drug-likeness (QED) is 0.770. The molecule has 1 aliphatic rings. The Hall–Kier alpha value is -0.280. The fourth-order valence-corrected chi connectivity index (χ4v) is 2.47. The Morgan fingerprint density at radius 2 is 2.06 bits per heavy atom. The Morgan fingerprint density at radius 3 is 2.62 bits per heavy atom. The summed E-state index contributed by atoms with van der Waals surface area (Å²) in [5, 5.41) is 3.04. The predicted octanol–water partition coefficient (Wildman–Crippen LogP) is 1.99. The first kappa shape index (κ1) is 13.8. The second-order valence-corrected chi connectivity index (χ2v) is 5.19. The molecule has 0 unspecified atom stereocenters. The molecule has 0 bridgehead atoms. The van der Waals surface area contributed by atoms with E-state index in [1.54, 1.807) is 0 Å². The molecule has 1 N–H and O–H groups in total. The molecule has 94 valence electrons. The third-order valence-corrected chi connectivity index (χ3v) is 3.78. The standard InChI is InChI=1S/C12H23ClN2O/c1-9(2)15(3)11-7-5-4-6-10(11)14-12(16)8-13/h9-11H,4-8H2,1-3H3,(H,14,16)/t10-,11+/m1/s1. The van der Waals surface area contributed by atoms with Gasteiger partial charge in [-0.3, -0.25) is 9.69 Å². The number of hydrogen-bond donors (Lipinski definition) is 1. The Balaban J connectivity index is 2.59. The second-order valence-electron chi connectivity index (χ2n) is 4.92. The number of nitrogens with one attached hydrogen (secondary N) is 1. The summed E-state index contributed by atoms with van der Waals surface area (Å²) in [4.78, 5) is 13.7. The maximum Gasteiger partial charge on any atom is 0.235 e. The maximum absolute atomic E-state index is 11.4. The van der Waals surface area contributed by atoms with Crippen LogP contribution in [0.4, 0.5) is 0 Å². The van der Waals surface area contributed by atoms with Crippen LogP contribution >= 0.6 is 11.6 Å². The lowest BCUT2D eigenvalue weighted by atomic mass is 9.88. The highest BCUT2D eigenvalue weighted by Gasteiger charge is 2.30. The van der Waals surface area contributed by atoms with E-state index in [-0.39, 0.29) is 17.8 Å². The first-order valence-corrected chi connectivity index (χ1v) is 6.67. The second kappa shape index (κ2) is 6.45. The van der Waals surface area contributed by atoms with Crippen LogP contribution in [0.3, 0.4) is 0 Å². The fraction of sp³-hybridized carbons (Fsp3) is 0.917. The van der Waals surface area contributed by atoms with Gasteiger partial charge in [0, 0.05) is 18.1 Å². The van der Waals surface area contributed by atoms with Gasteiger partial charge >= 0.3 is 0 Å². The molecule has 1 saturated carbocycles. The van der Waals surface area contributed by atoms with Gasteiger partial charge in [-0.1, -0.05) is 12.8 Å². The monoisotopic (exact) mass is 246 g/mol. The Bertz CT molecular complexity index is 233. The van der Waals surface area contributed by atoms with Crippen LogP contribution in [0.25, 0.3) is 0 Å². The molecule has 16 heavy (non-hydrogen) atoms.